The molecule has 0 aliphatic heterocycles. The van der Waals surface area contributed by atoms with Gasteiger partial charge in [0.25, 0.3) is 5.91 Å². The van der Waals surface area contributed by atoms with Crippen LogP contribution in [0.3, 0.4) is 0 Å². The molecular formula is C27H24N2O5. The standard InChI is InChI=1S/C27H24N2O5/c1-17(26(31)32)14-15-28-25(30)22-12-6-7-13-24(22)29-27(33)34-16-23-20-10-4-2-8-18(20)19-9-3-5-11-21(19)23/h2-14,23H,15-16H2,1H3,(H,28,30)(H,29,33)(H,31,32)/b17-14+. The quantitative estimate of drug-likeness (QED) is 0.443. The molecule has 1 aliphatic carbocycles. The van der Waals surface area contributed by atoms with Crippen LogP contribution in [-0.4, -0.2) is 36.2 Å². The maximum atomic E-state index is 12.6. The van der Waals surface area contributed by atoms with Gasteiger partial charge in [-0.15, -0.1) is 0 Å². The number of benzene rings is 3. The van der Waals surface area contributed by atoms with E-state index in [1.54, 1.807) is 24.3 Å². The second-order valence-electron chi connectivity index (χ2n) is 7.90. The highest BCUT2D eigenvalue weighted by molar-refractivity contribution is 6.02. The molecule has 7 heteroatoms. The van der Waals surface area contributed by atoms with Gasteiger partial charge in [0.2, 0.25) is 0 Å². The molecule has 1 aliphatic rings. The molecule has 0 unspecified atom stereocenters. The van der Waals surface area contributed by atoms with Crippen LogP contribution in [0.1, 0.15) is 34.3 Å². The minimum Gasteiger partial charge on any atom is -0.478 e. The van der Waals surface area contributed by atoms with E-state index in [0.717, 1.165) is 22.3 Å². The van der Waals surface area contributed by atoms with Gasteiger partial charge in [-0.1, -0.05) is 66.7 Å². The zero-order chi connectivity index (χ0) is 24.1. The number of para-hydroxylation sites is 1. The second kappa shape index (κ2) is 10.0. The molecule has 0 heterocycles. The van der Waals surface area contributed by atoms with E-state index in [4.69, 9.17) is 9.84 Å². The number of carboxylic acids is 1. The summed E-state index contributed by atoms with van der Waals surface area (Å²) in [6, 6.07) is 22.7. The van der Waals surface area contributed by atoms with E-state index in [2.05, 4.69) is 22.8 Å². The van der Waals surface area contributed by atoms with Crippen LogP contribution in [0.5, 0.6) is 0 Å². The highest BCUT2D eigenvalue weighted by atomic mass is 16.5. The van der Waals surface area contributed by atoms with Gasteiger partial charge in [-0.2, -0.15) is 0 Å². The summed E-state index contributed by atoms with van der Waals surface area (Å²) < 4.78 is 5.56. The Morgan fingerprint density at radius 3 is 2.15 bits per heavy atom. The first-order valence-corrected chi connectivity index (χ1v) is 10.8. The van der Waals surface area contributed by atoms with Gasteiger partial charge in [0, 0.05) is 18.0 Å². The topological polar surface area (TPSA) is 105 Å². The molecule has 0 atom stereocenters. The van der Waals surface area contributed by atoms with Crippen LogP contribution in [0.15, 0.2) is 84.4 Å². The molecule has 0 bridgehead atoms. The number of hydrogen-bond acceptors (Lipinski definition) is 4. The van der Waals surface area contributed by atoms with E-state index in [9.17, 15) is 14.4 Å². The van der Waals surface area contributed by atoms with E-state index < -0.39 is 18.0 Å². The van der Waals surface area contributed by atoms with Gasteiger partial charge in [-0.25, -0.2) is 9.59 Å². The molecule has 0 saturated carbocycles. The molecule has 3 aromatic carbocycles. The van der Waals surface area contributed by atoms with Crippen molar-refractivity contribution in [1.29, 1.82) is 0 Å². The van der Waals surface area contributed by atoms with Crippen molar-refractivity contribution in [2.24, 2.45) is 0 Å². The van der Waals surface area contributed by atoms with E-state index in [-0.39, 0.29) is 30.2 Å². The van der Waals surface area contributed by atoms with Gasteiger partial charge in [0.05, 0.1) is 11.3 Å². The molecule has 7 nitrogen and oxygen atoms in total. The molecular weight excluding hydrogens is 432 g/mol. The third kappa shape index (κ3) is 4.83. The zero-order valence-electron chi connectivity index (χ0n) is 18.6. The molecule has 0 aromatic heterocycles. The van der Waals surface area contributed by atoms with Crippen molar-refractivity contribution in [3.05, 3.63) is 101 Å². The first kappa shape index (κ1) is 22.8. The van der Waals surface area contributed by atoms with Crippen LogP contribution in [0.25, 0.3) is 11.1 Å². The number of carbonyl (C=O) groups excluding carboxylic acids is 2. The van der Waals surface area contributed by atoms with Crippen molar-refractivity contribution in [3.8, 4) is 11.1 Å². The van der Waals surface area contributed by atoms with Crippen LogP contribution in [0.4, 0.5) is 10.5 Å². The van der Waals surface area contributed by atoms with E-state index in [1.807, 2.05) is 36.4 Å². The summed E-state index contributed by atoms with van der Waals surface area (Å²) in [5, 5.41) is 14.2. The van der Waals surface area contributed by atoms with Crippen molar-refractivity contribution in [2.45, 2.75) is 12.8 Å². The average molecular weight is 456 g/mol. The molecule has 2 amide bonds. The van der Waals surface area contributed by atoms with Crippen molar-refractivity contribution in [1.82, 2.24) is 5.32 Å². The van der Waals surface area contributed by atoms with E-state index in [1.165, 1.54) is 13.0 Å². The van der Waals surface area contributed by atoms with Gasteiger partial charge in [0.1, 0.15) is 6.61 Å². The largest absolute Gasteiger partial charge is 0.478 e. The predicted octanol–water partition coefficient (Wildman–Crippen LogP) is 4.81. The number of ether oxygens (including phenoxy) is 1. The molecule has 0 spiro atoms. The molecule has 3 N–H and O–H groups in total. The maximum absolute atomic E-state index is 12.6. The summed E-state index contributed by atoms with van der Waals surface area (Å²) in [7, 11) is 0. The Balaban J connectivity index is 1.41. The predicted molar refractivity (Wildman–Crippen MR) is 129 cm³/mol. The third-order valence-corrected chi connectivity index (χ3v) is 5.76. The maximum Gasteiger partial charge on any atom is 0.411 e. The average Bonchev–Trinajstić information content (AvgIpc) is 3.16. The number of carbonyl (C=O) groups is 3. The Hall–Kier alpha value is -4.39. The fourth-order valence-electron chi connectivity index (χ4n) is 4.01. The Bertz CT molecular complexity index is 1240. The first-order chi connectivity index (χ1) is 16.5. The minimum absolute atomic E-state index is 0.0518. The number of hydrogen-bond donors (Lipinski definition) is 3. The second-order valence-corrected chi connectivity index (χ2v) is 7.90. The molecule has 0 fully saturated rings. The molecule has 3 aromatic rings. The normalized spacial score (nSPS) is 12.4. The molecule has 4 rings (SSSR count). The lowest BCUT2D eigenvalue weighted by molar-refractivity contribution is -0.132. The lowest BCUT2D eigenvalue weighted by atomic mass is 9.98. The molecule has 0 saturated heterocycles. The summed E-state index contributed by atoms with van der Waals surface area (Å²) in [4.78, 5) is 36.0. The van der Waals surface area contributed by atoms with Crippen molar-refractivity contribution in [3.63, 3.8) is 0 Å². The van der Waals surface area contributed by atoms with Crippen LogP contribution < -0.4 is 10.6 Å². The van der Waals surface area contributed by atoms with Gasteiger partial charge < -0.3 is 15.2 Å². The highest BCUT2D eigenvalue weighted by Crippen LogP contribution is 2.44. The Morgan fingerprint density at radius 2 is 1.50 bits per heavy atom. The number of fused-ring (bicyclic) bond motifs is 3. The lowest BCUT2D eigenvalue weighted by Crippen LogP contribution is -2.26. The zero-order valence-corrected chi connectivity index (χ0v) is 18.6. The number of aliphatic carboxylic acids is 1. The summed E-state index contributed by atoms with van der Waals surface area (Å²) in [6.07, 6.45) is 0.741. The third-order valence-electron chi connectivity index (χ3n) is 5.76. The van der Waals surface area contributed by atoms with Crippen molar-refractivity contribution >= 4 is 23.7 Å². The summed E-state index contributed by atoms with van der Waals surface area (Å²) in [6.45, 7) is 1.66. The SMILES string of the molecule is C/C(=C\CNC(=O)c1ccccc1NC(=O)OCC1c2ccccc2-c2ccccc21)C(=O)O. The fourth-order valence-corrected chi connectivity index (χ4v) is 4.01. The number of rotatable bonds is 7. The van der Waals surface area contributed by atoms with Gasteiger partial charge in [0.15, 0.2) is 0 Å². The number of anilines is 1. The monoisotopic (exact) mass is 456 g/mol. The van der Waals surface area contributed by atoms with Crippen molar-refractivity contribution < 1.29 is 24.2 Å². The summed E-state index contributed by atoms with van der Waals surface area (Å²) >= 11 is 0. The minimum atomic E-state index is -1.05. The van der Waals surface area contributed by atoms with Gasteiger partial charge >= 0.3 is 12.1 Å². The molecule has 172 valence electrons. The van der Waals surface area contributed by atoms with Crippen molar-refractivity contribution in [2.75, 3.05) is 18.5 Å². The molecule has 0 radical (unpaired) electrons. The van der Waals surface area contributed by atoms with Crippen LogP contribution >= 0.6 is 0 Å². The summed E-state index contributed by atoms with van der Waals surface area (Å²) in [5.41, 5.74) is 5.18. The van der Waals surface area contributed by atoms with E-state index >= 15 is 0 Å². The Kier molecular flexibility index (Phi) is 6.73. The Morgan fingerprint density at radius 1 is 0.912 bits per heavy atom. The number of carboxylic acid groups (broad SMARTS) is 1. The molecule has 34 heavy (non-hydrogen) atoms. The van der Waals surface area contributed by atoms with Crippen LogP contribution in [-0.2, 0) is 9.53 Å². The smallest absolute Gasteiger partial charge is 0.411 e. The highest BCUT2D eigenvalue weighted by Gasteiger charge is 2.29. The van der Waals surface area contributed by atoms with Gasteiger partial charge in [-0.05, 0) is 41.3 Å². The number of nitrogens with one attached hydrogen (secondary N) is 2. The van der Waals surface area contributed by atoms with Crippen LogP contribution in [0, 0.1) is 0 Å². The van der Waals surface area contributed by atoms with E-state index in [0.29, 0.717) is 5.69 Å². The lowest BCUT2D eigenvalue weighted by Gasteiger charge is -2.15. The fraction of sp³-hybridized carbons (Fsp3) is 0.148. The van der Waals surface area contributed by atoms with Crippen LogP contribution in [0.2, 0.25) is 0 Å². The van der Waals surface area contributed by atoms with Gasteiger partial charge in [-0.3, -0.25) is 10.1 Å². The Labute approximate surface area is 197 Å². The summed E-state index contributed by atoms with van der Waals surface area (Å²) in [5.74, 6) is -1.56. The first-order valence-electron chi connectivity index (χ1n) is 10.8. The number of amides is 2.